The second-order valence-corrected chi connectivity index (χ2v) is 6.50. The first-order valence-electron chi connectivity index (χ1n) is 9.02. The molecule has 3 aromatic rings. The molecule has 1 N–H and O–H groups in total. The van der Waals surface area contributed by atoms with Crippen LogP contribution in [0.4, 0.5) is 0 Å². The lowest BCUT2D eigenvalue weighted by molar-refractivity contribution is 0.144. The van der Waals surface area contributed by atoms with Gasteiger partial charge in [-0.3, -0.25) is 4.98 Å². The van der Waals surface area contributed by atoms with Crippen LogP contribution in [0.1, 0.15) is 50.9 Å². The van der Waals surface area contributed by atoms with Crippen LogP contribution in [0.25, 0.3) is 11.5 Å². The van der Waals surface area contributed by atoms with Gasteiger partial charge in [0.15, 0.2) is 11.6 Å². The molecular weight excluding hydrogens is 330 g/mol. The number of pyridine rings is 1. The SMILES string of the molecule is CCC(O)Cn1cc(-c2nc(C(C)CC)nn2Cc2ccncc2)nn1. The zero-order valence-electron chi connectivity index (χ0n) is 15.4. The molecule has 0 aliphatic rings. The Labute approximate surface area is 152 Å². The molecule has 0 saturated carbocycles. The highest BCUT2D eigenvalue weighted by atomic mass is 16.3. The van der Waals surface area contributed by atoms with Crippen molar-refractivity contribution in [3.63, 3.8) is 0 Å². The molecule has 0 fully saturated rings. The number of aromatic nitrogens is 7. The lowest BCUT2D eigenvalue weighted by Gasteiger charge is -2.05. The number of rotatable bonds is 8. The first kappa shape index (κ1) is 18.2. The van der Waals surface area contributed by atoms with Crippen LogP contribution in [0.2, 0.25) is 0 Å². The third-order valence-corrected chi connectivity index (χ3v) is 4.46. The van der Waals surface area contributed by atoms with Crippen molar-refractivity contribution in [2.75, 3.05) is 0 Å². The summed E-state index contributed by atoms with van der Waals surface area (Å²) in [5, 5.41) is 22.9. The zero-order valence-corrected chi connectivity index (χ0v) is 15.4. The predicted molar refractivity (Wildman–Crippen MR) is 97.4 cm³/mol. The second kappa shape index (κ2) is 8.18. The quantitative estimate of drug-likeness (QED) is 0.666. The topological polar surface area (TPSA) is 94.5 Å². The first-order chi connectivity index (χ1) is 12.6. The Bertz CT molecular complexity index is 827. The molecule has 3 heterocycles. The second-order valence-electron chi connectivity index (χ2n) is 6.50. The van der Waals surface area contributed by atoms with Crippen molar-refractivity contribution in [3.05, 3.63) is 42.1 Å². The van der Waals surface area contributed by atoms with Crippen molar-refractivity contribution in [2.24, 2.45) is 0 Å². The molecule has 3 rings (SSSR count). The maximum atomic E-state index is 9.82. The molecular formula is C18H25N7O. The van der Waals surface area contributed by atoms with Gasteiger partial charge in [0.1, 0.15) is 5.69 Å². The monoisotopic (exact) mass is 355 g/mol. The van der Waals surface area contributed by atoms with Gasteiger partial charge in [0.2, 0.25) is 0 Å². The maximum absolute atomic E-state index is 9.82. The molecule has 138 valence electrons. The highest BCUT2D eigenvalue weighted by Crippen LogP contribution is 2.21. The number of aliphatic hydroxyl groups excluding tert-OH is 1. The Morgan fingerprint density at radius 1 is 1.15 bits per heavy atom. The summed E-state index contributed by atoms with van der Waals surface area (Å²) in [6.07, 6.45) is 6.55. The van der Waals surface area contributed by atoms with Crippen molar-refractivity contribution in [3.8, 4) is 11.5 Å². The summed E-state index contributed by atoms with van der Waals surface area (Å²) in [6.45, 7) is 7.18. The van der Waals surface area contributed by atoms with Gasteiger partial charge in [-0.15, -0.1) is 5.10 Å². The molecule has 8 nitrogen and oxygen atoms in total. The molecule has 2 unspecified atom stereocenters. The summed E-state index contributed by atoms with van der Waals surface area (Å²) in [4.78, 5) is 8.78. The third kappa shape index (κ3) is 4.13. The first-order valence-corrected chi connectivity index (χ1v) is 9.02. The Morgan fingerprint density at radius 2 is 1.92 bits per heavy atom. The van der Waals surface area contributed by atoms with Gasteiger partial charge >= 0.3 is 0 Å². The molecule has 0 radical (unpaired) electrons. The summed E-state index contributed by atoms with van der Waals surface area (Å²) in [5.41, 5.74) is 1.75. The van der Waals surface area contributed by atoms with Gasteiger partial charge in [-0.25, -0.2) is 14.3 Å². The lowest BCUT2D eigenvalue weighted by atomic mass is 10.1. The molecule has 8 heteroatoms. The summed E-state index contributed by atoms with van der Waals surface area (Å²) in [5.74, 6) is 1.76. The van der Waals surface area contributed by atoms with Crippen LogP contribution in [0.5, 0.6) is 0 Å². The van der Waals surface area contributed by atoms with E-state index in [9.17, 15) is 5.11 Å². The molecule has 0 aliphatic heterocycles. The van der Waals surface area contributed by atoms with Gasteiger partial charge in [-0.1, -0.05) is 26.0 Å². The third-order valence-electron chi connectivity index (χ3n) is 4.46. The van der Waals surface area contributed by atoms with Gasteiger partial charge in [-0.05, 0) is 30.5 Å². The standard InChI is InChI=1S/C18H25N7O/c1-4-13(3)17-20-18(16-12-24(23-21-16)11-15(26)5-2)25(22-17)10-14-6-8-19-9-7-14/h6-9,12-13,15,26H,4-5,10-11H2,1-3H3. The van der Waals surface area contributed by atoms with E-state index in [1.54, 1.807) is 17.1 Å². The van der Waals surface area contributed by atoms with E-state index in [0.717, 1.165) is 17.8 Å². The highest BCUT2D eigenvalue weighted by molar-refractivity contribution is 5.47. The van der Waals surface area contributed by atoms with E-state index in [1.807, 2.05) is 29.9 Å². The fraction of sp³-hybridized carbons (Fsp3) is 0.500. The Balaban J connectivity index is 1.92. The van der Waals surface area contributed by atoms with E-state index in [2.05, 4.69) is 29.1 Å². The van der Waals surface area contributed by atoms with Gasteiger partial charge in [0, 0.05) is 18.3 Å². The van der Waals surface area contributed by atoms with Crippen LogP contribution in [-0.4, -0.2) is 46.0 Å². The molecule has 3 aromatic heterocycles. The van der Waals surface area contributed by atoms with Gasteiger partial charge < -0.3 is 5.11 Å². The fourth-order valence-electron chi connectivity index (χ4n) is 2.55. The smallest absolute Gasteiger partial charge is 0.180 e. The molecule has 0 spiro atoms. The minimum absolute atomic E-state index is 0.268. The average Bonchev–Trinajstić information content (AvgIpc) is 3.28. The normalized spacial score (nSPS) is 13.7. The average molecular weight is 355 g/mol. The van der Waals surface area contributed by atoms with Gasteiger partial charge in [-0.2, -0.15) is 5.10 Å². The van der Waals surface area contributed by atoms with E-state index in [1.165, 1.54) is 0 Å². The number of nitrogens with zero attached hydrogens (tertiary/aromatic N) is 7. The Hall–Kier alpha value is -2.61. The minimum atomic E-state index is -0.435. The van der Waals surface area contributed by atoms with Crippen LogP contribution in [-0.2, 0) is 13.1 Å². The molecule has 26 heavy (non-hydrogen) atoms. The molecule has 0 aliphatic carbocycles. The van der Waals surface area contributed by atoms with Crippen molar-refractivity contribution < 1.29 is 5.11 Å². The summed E-state index contributed by atoms with van der Waals surface area (Å²) < 4.78 is 3.51. The molecule has 0 saturated heterocycles. The van der Waals surface area contributed by atoms with Gasteiger partial charge in [0.25, 0.3) is 0 Å². The van der Waals surface area contributed by atoms with Crippen molar-refractivity contribution in [1.29, 1.82) is 0 Å². The van der Waals surface area contributed by atoms with Crippen molar-refractivity contribution >= 4 is 0 Å². The number of hydrogen-bond donors (Lipinski definition) is 1. The van der Waals surface area contributed by atoms with Crippen molar-refractivity contribution in [2.45, 2.75) is 58.7 Å². The molecule has 0 aromatic carbocycles. The van der Waals surface area contributed by atoms with Crippen LogP contribution < -0.4 is 0 Å². The van der Waals surface area contributed by atoms with Crippen LogP contribution in [0, 0.1) is 0 Å². The van der Waals surface area contributed by atoms with E-state index in [-0.39, 0.29) is 5.92 Å². The van der Waals surface area contributed by atoms with Crippen molar-refractivity contribution in [1.82, 2.24) is 34.7 Å². The summed E-state index contributed by atoms with van der Waals surface area (Å²) in [6, 6.07) is 3.92. The van der Waals surface area contributed by atoms with E-state index in [0.29, 0.717) is 31.0 Å². The largest absolute Gasteiger partial charge is 0.391 e. The number of hydrogen-bond acceptors (Lipinski definition) is 6. The summed E-state index contributed by atoms with van der Waals surface area (Å²) in [7, 11) is 0. The molecule has 0 bridgehead atoms. The van der Waals surface area contributed by atoms with E-state index >= 15 is 0 Å². The zero-order chi connectivity index (χ0) is 18.5. The van der Waals surface area contributed by atoms with E-state index in [4.69, 9.17) is 10.1 Å². The van der Waals surface area contributed by atoms with Crippen LogP contribution in [0.15, 0.2) is 30.7 Å². The predicted octanol–water partition coefficient (Wildman–Crippen LogP) is 2.26. The molecule has 0 amide bonds. The number of aliphatic hydroxyl groups is 1. The maximum Gasteiger partial charge on any atom is 0.180 e. The van der Waals surface area contributed by atoms with Gasteiger partial charge in [0.05, 0.1) is 25.4 Å². The molecule has 2 atom stereocenters. The minimum Gasteiger partial charge on any atom is -0.391 e. The van der Waals surface area contributed by atoms with Crippen LogP contribution in [0.3, 0.4) is 0 Å². The van der Waals surface area contributed by atoms with E-state index < -0.39 is 6.10 Å². The van der Waals surface area contributed by atoms with Crippen LogP contribution >= 0.6 is 0 Å². The lowest BCUT2D eigenvalue weighted by Crippen LogP contribution is -2.15. The Kier molecular flexibility index (Phi) is 5.72. The Morgan fingerprint density at radius 3 is 2.62 bits per heavy atom. The summed E-state index contributed by atoms with van der Waals surface area (Å²) >= 11 is 0. The fourth-order valence-corrected chi connectivity index (χ4v) is 2.55. The highest BCUT2D eigenvalue weighted by Gasteiger charge is 2.19.